The number of alkyl carbamates (subject to hydrolysis) is 1. The summed E-state index contributed by atoms with van der Waals surface area (Å²) >= 11 is 0. The van der Waals surface area contributed by atoms with Gasteiger partial charge >= 0.3 is 6.09 Å². The first-order chi connectivity index (χ1) is 7.85. The molecule has 0 radical (unpaired) electrons. The highest BCUT2D eigenvalue weighted by molar-refractivity contribution is 5.67. The number of halogens is 2. The van der Waals surface area contributed by atoms with Gasteiger partial charge in [-0.3, -0.25) is 4.90 Å². The van der Waals surface area contributed by atoms with E-state index < -0.39 is 24.7 Å². The monoisotopic (exact) mass is 252 g/mol. The van der Waals surface area contributed by atoms with Crippen molar-refractivity contribution in [3.63, 3.8) is 0 Å². The van der Waals surface area contributed by atoms with Crippen LogP contribution in [0.5, 0.6) is 0 Å². The third-order valence-corrected chi connectivity index (χ3v) is 2.46. The highest BCUT2D eigenvalue weighted by atomic mass is 19.3. The summed E-state index contributed by atoms with van der Waals surface area (Å²) in [6.07, 6.45) is -2.23. The molecule has 1 fully saturated rings. The Kier molecular flexibility index (Phi) is 4.64. The number of carbonyl (C=O) groups excluding carboxylic acids is 1. The van der Waals surface area contributed by atoms with Crippen LogP contribution in [-0.4, -0.2) is 62.9 Å². The Morgan fingerprint density at radius 3 is 2.76 bits per heavy atom. The smallest absolute Gasteiger partial charge is 0.407 e. The molecule has 0 aromatic rings. The first-order valence-corrected chi connectivity index (χ1v) is 5.37. The lowest BCUT2D eigenvalue weighted by molar-refractivity contribution is -0.0781. The molecule has 1 N–H and O–H groups in total. The summed E-state index contributed by atoms with van der Waals surface area (Å²) in [5.41, 5.74) is 0. The number of likely N-dealkylation sites (tertiary alicyclic amines) is 1. The molecule has 0 aromatic carbocycles. The predicted octanol–water partition coefficient (Wildman–Crippen LogP) is 0.697. The summed E-state index contributed by atoms with van der Waals surface area (Å²) in [4.78, 5) is 12.8. The summed E-state index contributed by atoms with van der Waals surface area (Å²) in [5, 5.41) is 2.42. The predicted molar refractivity (Wildman–Crippen MR) is 57.2 cm³/mol. The lowest BCUT2D eigenvalue weighted by Gasteiger charge is -2.20. The van der Waals surface area contributed by atoms with Gasteiger partial charge in [-0.15, -0.1) is 0 Å². The van der Waals surface area contributed by atoms with Crippen molar-refractivity contribution in [1.82, 2.24) is 10.2 Å². The van der Waals surface area contributed by atoms with Gasteiger partial charge in [0, 0.05) is 13.7 Å². The van der Waals surface area contributed by atoms with E-state index in [1.54, 1.807) is 14.0 Å². The molecule has 7 heteroatoms. The Hall–Kier alpha value is -0.950. The second-order valence-electron chi connectivity index (χ2n) is 4.35. The molecule has 0 aromatic heterocycles. The van der Waals surface area contributed by atoms with Crippen molar-refractivity contribution >= 4 is 6.09 Å². The van der Waals surface area contributed by atoms with Gasteiger partial charge in [-0.25, -0.2) is 13.6 Å². The van der Waals surface area contributed by atoms with E-state index in [2.05, 4.69) is 5.32 Å². The maximum atomic E-state index is 13.3. The molecule has 1 amide bonds. The minimum absolute atomic E-state index is 0.0408. The fourth-order valence-electron chi connectivity index (χ4n) is 1.72. The molecule has 2 atom stereocenters. The van der Waals surface area contributed by atoms with Gasteiger partial charge in [-0.2, -0.15) is 0 Å². The zero-order chi connectivity index (χ0) is 13.1. The van der Waals surface area contributed by atoms with Crippen molar-refractivity contribution in [3.05, 3.63) is 0 Å². The SMILES string of the molecule is COCC(C)NC(=O)OC1CN(C)CC1(F)F. The van der Waals surface area contributed by atoms with Crippen LogP contribution < -0.4 is 5.32 Å². The van der Waals surface area contributed by atoms with Gasteiger partial charge in [0.15, 0.2) is 6.10 Å². The number of hydrogen-bond acceptors (Lipinski definition) is 4. The maximum absolute atomic E-state index is 13.3. The molecule has 1 saturated heterocycles. The molecule has 5 nitrogen and oxygen atoms in total. The molecule has 1 aliphatic rings. The third-order valence-electron chi connectivity index (χ3n) is 2.46. The van der Waals surface area contributed by atoms with Gasteiger partial charge in [0.05, 0.1) is 19.2 Å². The number of hydrogen-bond donors (Lipinski definition) is 1. The van der Waals surface area contributed by atoms with Crippen LogP contribution in [0.1, 0.15) is 6.92 Å². The normalized spacial score (nSPS) is 25.6. The van der Waals surface area contributed by atoms with E-state index in [-0.39, 0.29) is 12.6 Å². The van der Waals surface area contributed by atoms with E-state index in [9.17, 15) is 13.6 Å². The number of methoxy groups -OCH3 is 1. The van der Waals surface area contributed by atoms with Crippen LogP contribution in [-0.2, 0) is 9.47 Å². The standard InChI is InChI=1S/C10H18F2N2O3/c1-7(5-16-3)13-9(15)17-8-4-14(2)6-10(8,11)12/h7-8H,4-6H2,1-3H3,(H,13,15). The molecule has 100 valence electrons. The average Bonchev–Trinajstić information content (AvgIpc) is 2.39. The number of likely N-dealkylation sites (N-methyl/N-ethyl adjacent to an activating group) is 1. The Morgan fingerprint density at radius 1 is 1.65 bits per heavy atom. The fourth-order valence-corrected chi connectivity index (χ4v) is 1.72. The number of rotatable bonds is 4. The zero-order valence-electron chi connectivity index (χ0n) is 10.2. The van der Waals surface area contributed by atoms with Crippen LogP contribution in [0.25, 0.3) is 0 Å². The molecule has 0 bridgehead atoms. The first kappa shape index (κ1) is 14.1. The Bertz CT molecular complexity index is 276. The summed E-state index contributed by atoms with van der Waals surface area (Å²) in [7, 11) is 3.05. The van der Waals surface area contributed by atoms with Crippen LogP contribution in [0, 0.1) is 0 Å². The van der Waals surface area contributed by atoms with E-state index in [1.165, 1.54) is 12.0 Å². The fraction of sp³-hybridized carbons (Fsp3) is 0.900. The molecular weight excluding hydrogens is 234 g/mol. The molecule has 1 aliphatic heterocycles. The third kappa shape index (κ3) is 4.08. The first-order valence-electron chi connectivity index (χ1n) is 5.37. The molecule has 1 heterocycles. The van der Waals surface area contributed by atoms with Crippen molar-refractivity contribution in [2.24, 2.45) is 0 Å². The van der Waals surface area contributed by atoms with Crippen LogP contribution in [0.3, 0.4) is 0 Å². The van der Waals surface area contributed by atoms with Crippen LogP contribution in [0.15, 0.2) is 0 Å². The lowest BCUT2D eigenvalue weighted by atomic mass is 10.2. The summed E-state index contributed by atoms with van der Waals surface area (Å²) in [5.74, 6) is -2.99. The summed E-state index contributed by atoms with van der Waals surface area (Å²) in [6, 6.07) is -0.278. The average molecular weight is 252 g/mol. The summed E-state index contributed by atoms with van der Waals surface area (Å²) in [6.45, 7) is 1.65. The van der Waals surface area contributed by atoms with Crippen LogP contribution in [0.4, 0.5) is 13.6 Å². The number of alkyl halides is 2. The molecule has 1 rings (SSSR count). The molecule has 0 saturated carbocycles. The van der Waals surface area contributed by atoms with Gasteiger partial charge in [-0.1, -0.05) is 0 Å². The Balaban J connectivity index is 2.41. The Morgan fingerprint density at radius 2 is 2.29 bits per heavy atom. The summed E-state index contributed by atoms with van der Waals surface area (Å²) < 4.78 is 36.2. The van der Waals surface area contributed by atoms with E-state index in [1.807, 2.05) is 0 Å². The van der Waals surface area contributed by atoms with Crippen LogP contribution >= 0.6 is 0 Å². The van der Waals surface area contributed by atoms with Gasteiger partial charge in [0.2, 0.25) is 0 Å². The minimum atomic E-state index is -2.99. The van der Waals surface area contributed by atoms with Crippen molar-refractivity contribution in [2.45, 2.75) is 25.0 Å². The topological polar surface area (TPSA) is 50.8 Å². The number of nitrogens with one attached hydrogen (secondary N) is 1. The molecule has 17 heavy (non-hydrogen) atoms. The lowest BCUT2D eigenvalue weighted by Crippen LogP contribution is -2.42. The van der Waals surface area contributed by atoms with Crippen molar-refractivity contribution in [1.29, 1.82) is 0 Å². The molecule has 0 spiro atoms. The van der Waals surface area contributed by atoms with E-state index in [0.717, 1.165) is 0 Å². The van der Waals surface area contributed by atoms with Gasteiger partial charge in [0.25, 0.3) is 5.92 Å². The molecular formula is C10H18F2N2O3. The number of amides is 1. The van der Waals surface area contributed by atoms with Crippen molar-refractivity contribution in [2.75, 3.05) is 33.9 Å². The molecule has 0 aliphatic carbocycles. The van der Waals surface area contributed by atoms with E-state index in [0.29, 0.717) is 6.61 Å². The van der Waals surface area contributed by atoms with Crippen molar-refractivity contribution < 1.29 is 23.0 Å². The second-order valence-corrected chi connectivity index (χ2v) is 4.35. The highest BCUT2D eigenvalue weighted by Gasteiger charge is 2.49. The minimum Gasteiger partial charge on any atom is -0.438 e. The molecule has 2 unspecified atom stereocenters. The Labute approximate surface area is 99.0 Å². The second kappa shape index (κ2) is 5.59. The van der Waals surface area contributed by atoms with E-state index in [4.69, 9.17) is 9.47 Å². The van der Waals surface area contributed by atoms with Gasteiger partial charge < -0.3 is 14.8 Å². The van der Waals surface area contributed by atoms with Crippen LogP contribution in [0.2, 0.25) is 0 Å². The highest BCUT2D eigenvalue weighted by Crippen LogP contribution is 2.28. The number of carbonyl (C=O) groups is 1. The van der Waals surface area contributed by atoms with E-state index >= 15 is 0 Å². The number of nitrogens with zero attached hydrogens (tertiary/aromatic N) is 1. The quantitative estimate of drug-likeness (QED) is 0.800. The zero-order valence-corrected chi connectivity index (χ0v) is 10.2. The van der Waals surface area contributed by atoms with Crippen molar-refractivity contribution in [3.8, 4) is 0 Å². The largest absolute Gasteiger partial charge is 0.438 e. The van der Waals surface area contributed by atoms with Gasteiger partial charge in [0.1, 0.15) is 0 Å². The maximum Gasteiger partial charge on any atom is 0.407 e. The number of ether oxygens (including phenoxy) is 2. The van der Waals surface area contributed by atoms with Gasteiger partial charge in [-0.05, 0) is 14.0 Å².